The van der Waals surface area contributed by atoms with Gasteiger partial charge in [-0.3, -0.25) is 14.5 Å². The van der Waals surface area contributed by atoms with Crippen molar-refractivity contribution in [1.82, 2.24) is 20.4 Å². The van der Waals surface area contributed by atoms with Crippen LogP contribution in [0.1, 0.15) is 54.7 Å². The fraction of sp³-hybridized carbons (Fsp3) is 0.371. The predicted molar refractivity (Wildman–Crippen MR) is 166 cm³/mol. The van der Waals surface area contributed by atoms with E-state index < -0.39 is 29.5 Å². The molecule has 250 valence electrons. The molecule has 9 nitrogen and oxygen atoms in total. The Kier molecular flexibility index (Phi) is 9.11. The van der Waals surface area contributed by atoms with Crippen molar-refractivity contribution in [3.63, 3.8) is 0 Å². The molecule has 1 spiro atoms. The molecule has 2 aliphatic heterocycles. The number of benzene rings is 3. The fourth-order valence-corrected chi connectivity index (χ4v) is 7.00. The van der Waals surface area contributed by atoms with E-state index in [9.17, 15) is 31.9 Å². The minimum Gasteiger partial charge on any atom is -0.405 e. The van der Waals surface area contributed by atoms with Gasteiger partial charge in [0.25, 0.3) is 5.91 Å². The Labute approximate surface area is 274 Å². The molecule has 1 aliphatic carbocycles. The average molecular weight is 664 g/mol. The number of alkyl halides is 3. The predicted octanol–water partition coefficient (Wildman–Crippen LogP) is 5.60. The van der Waals surface area contributed by atoms with Gasteiger partial charge >= 0.3 is 12.4 Å². The maximum absolute atomic E-state index is 14.8. The number of nitrogens with zero attached hydrogens (tertiary/aromatic N) is 3. The minimum atomic E-state index is -4.96. The normalized spacial score (nSPS) is 20.6. The number of nitriles is 1. The highest BCUT2D eigenvalue weighted by Crippen LogP contribution is 2.36. The summed E-state index contributed by atoms with van der Waals surface area (Å²) in [4.78, 5) is 41.9. The number of carbonyl (C=O) groups is 3. The minimum absolute atomic E-state index is 0.0658. The number of rotatable bonds is 8. The molecule has 0 bridgehead atoms. The number of ether oxygens (including phenoxy) is 1. The summed E-state index contributed by atoms with van der Waals surface area (Å²) in [6.07, 6.45) is -1.78. The molecule has 0 radical (unpaired) electrons. The molecular weight excluding hydrogens is 630 g/mol. The molecule has 2 N–H and O–H groups in total. The third kappa shape index (κ3) is 6.85. The number of nitrogens with one attached hydrogen (secondary N) is 2. The van der Waals surface area contributed by atoms with E-state index in [2.05, 4.69) is 15.4 Å². The van der Waals surface area contributed by atoms with Gasteiger partial charge in [-0.25, -0.2) is 9.18 Å². The molecule has 3 aromatic rings. The van der Waals surface area contributed by atoms with Gasteiger partial charge in [0.1, 0.15) is 23.7 Å². The third-order valence-corrected chi connectivity index (χ3v) is 9.44. The van der Waals surface area contributed by atoms with Gasteiger partial charge in [0, 0.05) is 42.7 Å². The molecular formula is C35H33F4N5O4. The van der Waals surface area contributed by atoms with Gasteiger partial charge in [-0.1, -0.05) is 55.3 Å². The summed E-state index contributed by atoms with van der Waals surface area (Å²) in [5.41, 5.74) is 0.652. The Hall–Kier alpha value is -4.96. The maximum atomic E-state index is 14.8. The molecule has 3 aliphatic rings. The largest absolute Gasteiger partial charge is 0.573 e. The van der Waals surface area contributed by atoms with E-state index in [1.54, 1.807) is 4.90 Å². The molecule has 3 fully saturated rings. The zero-order chi connectivity index (χ0) is 34.1. The van der Waals surface area contributed by atoms with Crippen molar-refractivity contribution in [2.24, 2.45) is 0 Å². The zero-order valence-corrected chi connectivity index (χ0v) is 25.9. The van der Waals surface area contributed by atoms with Crippen LogP contribution in [0.15, 0.2) is 66.7 Å². The second-order valence-electron chi connectivity index (χ2n) is 12.4. The lowest BCUT2D eigenvalue weighted by molar-refractivity contribution is -0.274. The van der Waals surface area contributed by atoms with E-state index in [1.165, 1.54) is 24.3 Å². The van der Waals surface area contributed by atoms with Crippen LogP contribution in [-0.2, 0) is 16.1 Å². The van der Waals surface area contributed by atoms with E-state index in [-0.39, 0.29) is 66.6 Å². The Bertz CT molecular complexity index is 1750. The number of imide groups is 1. The Morgan fingerprint density at radius 1 is 1.06 bits per heavy atom. The van der Waals surface area contributed by atoms with Crippen molar-refractivity contribution in [2.75, 3.05) is 19.6 Å². The van der Waals surface area contributed by atoms with Crippen LogP contribution in [0, 0.1) is 17.1 Å². The fourth-order valence-electron chi connectivity index (χ4n) is 7.00. The van der Waals surface area contributed by atoms with Crippen molar-refractivity contribution < 1.29 is 36.7 Å². The molecule has 0 unspecified atom stereocenters. The van der Waals surface area contributed by atoms with E-state index in [1.807, 2.05) is 36.4 Å². The lowest BCUT2D eigenvalue weighted by atomic mass is 9.85. The van der Waals surface area contributed by atoms with Crippen molar-refractivity contribution >= 4 is 17.8 Å². The SMILES string of the molecule is N#Cc1ccc(-c2ccc(OC(F)(F)F)c(CN[C@H]3CCN(C(=O)CN4C(=O)NC5(CCCC5)C4=O)C[C@H]3c3ccccc3)c2)c(F)c1. The summed E-state index contributed by atoms with van der Waals surface area (Å²) < 4.78 is 59.2. The first-order valence-corrected chi connectivity index (χ1v) is 15.8. The summed E-state index contributed by atoms with van der Waals surface area (Å²) in [5, 5.41) is 15.2. The second-order valence-corrected chi connectivity index (χ2v) is 12.4. The Morgan fingerprint density at radius 2 is 1.81 bits per heavy atom. The van der Waals surface area contributed by atoms with Gasteiger partial charge in [0.15, 0.2) is 0 Å². The topological polar surface area (TPSA) is 115 Å². The van der Waals surface area contributed by atoms with Gasteiger partial charge in [-0.15, -0.1) is 13.2 Å². The van der Waals surface area contributed by atoms with Gasteiger partial charge in [-0.05, 0) is 54.7 Å². The lowest BCUT2D eigenvalue weighted by Crippen LogP contribution is -2.52. The molecule has 48 heavy (non-hydrogen) atoms. The van der Waals surface area contributed by atoms with Crippen LogP contribution < -0.4 is 15.4 Å². The summed E-state index contributed by atoms with van der Waals surface area (Å²) in [5.74, 6) is -2.14. The number of hydrogen-bond donors (Lipinski definition) is 2. The number of urea groups is 1. The average Bonchev–Trinajstić information content (AvgIpc) is 3.63. The number of piperidine rings is 1. The Morgan fingerprint density at radius 3 is 2.50 bits per heavy atom. The van der Waals surface area contributed by atoms with Crippen molar-refractivity contribution in [3.05, 3.63) is 89.2 Å². The highest BCUT2D eigenvalue weighted by Gasteiger charge is 2.53. The van der Waals surface area contributed by atoms with Crippen LogP contribution in [-0.4, -0.2) is 65.2 Å². The monoisotopic (exact) mass is 663 g/mol. The third-order valence-electron chi connectivity index (χ3n) is 9.44. The van der Waals surface area contributed by atoms with E-state index >= 15 is 0 Å². The summed E-state index contributed by atoms with van der Waals surface area (Å²) >= 11 is 0. The standard InChI is InChI=1S/C35H33F4N5O4/c36-28-16-22(18-40)8-10-26(28)24-9-11-30(48-35(37,38)39)25(17-24)19-41-29-12-15-43(20-27(29)23-6-2-1-3-7-23)31(45)21-44-32(46)34(42-33(44)47)13-4-5-14-34/h1-3,6-11,16-17,27,29,41H,4-5,12-15,19-21H2,(H,42,47)/t27-,29-/m0/s1. The smallest absolute Gasteiger partial charge is 0.405 e. The van der Waals surface area contributed by atoms with Gasteiger partial charge in [-0.2, -0.15) is 5.26 Å². The number of hydrogen-bond acceptors (Lipinski definition) is 6. The summed E-state index contributed by atoms with van der Waals surface area (Å²) in [6, 6.07) is 18.1. The molecule has 1 saturated carbocycles. The number of amides is 4. The van der Waals surface area contributed by atoms with Gasteiger partial charge in [0.05, 0.1) is 11.6 Å². The molecule has 2 heterocycles. The molecule has 4 amide bonds. The van der Waals surface area contributed by atoms with E-state index in [4.69, 9.17) is 5.26 Å². The van der Waals surface area contributed by atoms with Crippen molar-refractivity contribution in [2.45, 2.75) is 62.5 Å². The first-order valence-electron chi connectivity index (χ1n) is 15.8. The number of halogens is 4. The quantitative estimate of drug-likeness (QED) is 0.240. The van der Waals surface area contributed by atoms with Crippen LogP contribution in [0.2, 0.25) is 0 Å². The van der Waals surface area contributed by atoms with E-state index in [0.29, 0.717) is 24.8 Å². The van der Waals surface area contributed by atoms with Gasteiger partial charge < -0.3 is 20.3 Å². The lowest BCUT2D eigenvalue weighted by Gasteiger charge is -2.40. The summed E-state index contributed by atoms with van der Waals surface area (Å²) in [6.45, 7) is 0.0984. The highest BCUT2D eigenvalue weighted by molar-refractivity contribution is 6.09. The molecule has 2 saturated heterocycles. The van der Waals surface area contributed by atoms with Crippen LogP contribution in [0.4, 0.5) is 22.4 Å². The molecule has 3 aromatic carbocycles. The number of carbonyl (C=O) groups excluding carboxylic acids is 3. The van der Waals surface area contributed by atoms with Crippen LogP contribution in [0.5, 0.6) is 5.75 Å². The maximum Gasteiger partial charge on any atom is 0.573 e. The van der Waals surface area contributed by atoms with Gasteiger partial charge in [0.2, 0.25) is 5.91 Å². The first kappa shape index (κ1) is 33.0. The second kappa shape index (κ2) is 13.3. The molecule has 6 rings (SSSR count). The summed E-state index contributed by atoms with van der Waals surface area (Å²) in [7, 11) is 0. The first-order chi connectivity index (χ1) is 23.0. The van der Waals surface area contributed by atoms with E-state index in [0.717, 1.165) is 35.4 Å². The highest BCUT2D eigenvalue weighted by atomic mass is 19.4. The zero-order valence-electron chi connectivity index (χ0n) is 25.9. The van der Waals surface area contributed by atoms with Crippen LogP contribution in [0.25, 0.3) is 11.1 Å². The molecule has 13 heteroatoms. The van der Waals surface area contributed by atoms with Crippen molar-refractivity contribution in [1.29, 1.82) is 5.26 Å². The van der Waals surface area contributed by atoms with Crippen LogP contribution in [0.3, 0.4) is 0 Å². The van der Waals surface area contributed by atoms with Crippen molar-refractivity contribution in [3.8, 4) is 22.9 Å². The molecule has 2 atom stereocenters. The number of likely N-dealkylation sites (tertiary alicyclic amines) is 1. The Balaban J connectivity index is 1.21. The van der Waals surface area contributed by atoms with Crippen LogP contribution >= 0.6 is 0 Å². The molecule has 0 aromatic heterocycles.